The summed E-state index contributed by atoms with van der Waals surface area (Å²) in [5.41, 5.74) is 7.78. The summed E-state index contributed by atoms with van der Waals surface area (Å²) in [6, 6.07) is 5.97. The monoisotopic (exact) mass is 298 g/mol. The quantitative estimate of drug-likeness (QED) is 0.869. The number of halogens is 1. The van der Waals surface area contributed by atoms with Crippen molar-refractivity contribution in [1.29, 1.82) is 0 Å². The summed E-state index contributed by atoms with van der Waals surface area (Å²) in [6.45, 7) is 2.83. The Morgan fingerprint density at radius 1 is 1.53 bits per heavy atom. The van der Waals surface area contributed by atoms with Crippen LogP contribution in [0.3, 0.4) is 0 Å². The molecule has 1 heterocycles. The molecule has 1 fully saturated rings. The molecule has 1 aromatic carbocycles. The van der Waals surface area contributed by atoms with Crippen LogP contribution in [0.4, 0.5) is 5.69 Å². The summed E-state index contributed by atoms with van der Waals surface area (Å²) in [5.74, 6) is 0. The summed E-state index contributed by atoms with van der Waals surface area (Å²) >= 11 is 3.55. The molecule has 1 aliphatic heterocycles. The normalized spacial score (nSPS) is 20.1. The molecule has 0 aliphatic carbocycles. The van der Waals surface area contributed by atoms with E-state index in [1.54, 1.807) is 0 Å². The Kier molecular flexibility index (Phi) is 4.42. The van der Waals surface area contributed by atoms with Gasteiger partial charge in [0.2, 0.25) is 0 Å². The van der Waals surface area contributed by atoms with Crippen LogP contribution in [-0.2, 0) is 11.3 Å². The minimum absolute atomic E-state index is 0.410. The van der Waals surface area contributed by atoms with E-state index in [-0.39, 0.29) is 0 Å². The van der Waals surface area contributed by atoms with Gasteiger partial charge in [-0.05, 0) is 37.6 Å². The van der Waals surface area contributed by atoms with E-state index in [0.29, 0.717) is 6.10 Å². The molecule has 0 spiro atoms. The first kappa shape index (κ1) is 12.9. The molecule has 2 rings (SSSR count). The van der Waals surface area contributed by atoms with Gasteiger partial charge in [0, 0.05) is 29.9 Å². The topological polar surface area (TPSA) is 38.5 Å². The number of nitrogens with zero attached hydrogens (tertiary/aromatic N) is 1. The number of likely N-dealkylation sites (N-methyl/N-ethyl adjacent to an activating group) is 1. The lowest BCUT2D eigenvalue weighted by molar-refractivity contribution is 0.0793. The van der Waals surface area contributed by atoms with Crippen molar-refractivity contribution in [2.45, 2.75) is 25.5 Å². The van der Waals surface area contributed by atoms with Gasteiger partial charge >= 0.3 is 0 Å². The van der Waals surface area contributed by atoms with Gasteiger partial charge in [-0.15, -0.1) is 0 Å². The van der Waals surface area contributed by atoms with E-state index in [1.807, 2.05) is 12.1 Å². The summed E-state index contributed by atoms with van der Waals surface area (Å²) in [5, 5.41) is 0. The van der Waals surface area contributed by atoms with Crippen LogP contribution in [0.25, 0.3) is 0 Å². The van der Waals surface area contributed by atoms with E-state index in [9.17, 15) is 0 Å². The molecule has 1 aromatic rings. The predicted molar refractivity (Wildman–Crippen MR) is 73.9 cm³/mol. The number of ether oxygens (including phenoxy) is 1. The van der Waals surface area contributed by atoms with Crippen LogP contribution in [0.15, 0.2) is 22.7 Å². The summed E-state index contributed by atoms with van der Waals surface area (Å²) in [4.78, 5) is 2.30. The van der Waals surface area contributed by atoms with Gasteiger partial charge in [-0.25, -0.2) is 0 Å². The first-order valence-corrected chi connectivity index (χ1v) is 6.78. The second-order valence-electron chi connectivity index (χ2n) is 4.68. The van der Waals surface area contributed by atoms with Crippen LogP contribution in [-0.4, -0.2) is 31.2 Å². The highest BCUT2D eigenvalue weighted by molar-refractivity contribution is 9.10. The molecule has 3 nitrogen and oxygen atoms in total. The number of nitrogens with two attached hydrogens (primary N) is 1. The average Bonchev–Trinajstić information content (AvgIpc) is 2.75. The largest absolute Gasteiger partial charge is 0.399 e. The molecule has 1 saturated heterocycles. The first-order chi connectivity index (χ1) is 8.15. The zero-order valence-electron chi connectivity index (χ0n) is 10.2. The highest BCUT2D eigenvalue weighted by Gasteiger charge is 2.17. The maximum atomic E-state index is 5.73. The average molecular weight is 299 g/mol. The van der Waals surface area contributed by atoms with Gasteiger partial charge in [0.25, 0.3) is 0 Å². The first-order valence-electron chi connectivity index (χ1n) is 5.99. The number of hydrogen-bond donors (Lipinski definition) is 1. The van der Waals surface area contributed by atoms with Crippen molar-refractivity contribution < 1.29 is 4.74 Å². The van der Waals surface area contributed by atoms with Gasteiger partial charge in [0.15, 0.2) is 0 Å². The minimum atomic E-state index is 0.410. The van der Waals surface area contributed by atoms with E-state index < -0.39 is 0 Å². The molecule has 17 heavy (non-hydrogen) atoms. The second-order valence-corrected chi connectivity index (χ2v) is 5.54. The van der Waals surface area contributed by atoms with Crippen molar-refractivity contribution in [3.63, 3.8) is 0 Å². The molecule has 4 heteroatoms. The third-order valence-electron chi connectivity index (χ3n) is 3.06. The standard InChI is InChI=1S/C13H19BrN2O/c1-16(9-12-3-2-6-17-12)8-10-4-5-11(15)7-13(10)14/h4-5,7,12H,2-3,6,8-9,15H2,1H3. The SMILES string of the molecule is CN(Cc1ccc(N)cc1Br)CC1CCCO1. The van der Waals surface area contributed by atoms with Crippen LogP contribution in [0, 0.1) is 0 Å². The zero-order valence-corrected chi connectivity index (χ0v) is 11.7. The van der Waals surface area contributed by atoms with Crippen LogP contribution in [0.1, 0.15) is 18.4 Å². The summed E-state index contributed by atoms with van der Waals surface area (Å²) < 4.78 is 6.72. The molecular weight excluding hydrogens is 280 g/mol. The molecule has 0 radical (unpaired) electrons. The Balaban J connectivity index is 1.90. The molecule has 0 saturated carbocycles. The molecule has 1 atom stereocenters. The molecular formula is C13H19BrN2O. The Hall–Kier alpha value is -0.580. The van der Waals surface area contributed by atoms with Crippen LogP contribution in [0.5, 0.6) is 0 Å². The van der Waals surface area contributed by atoms with Crippen molar-refractivity contribution in [2.24, 2.45) is 0 Å². The third-order valence-corrected chi connectivity index (χ3v) is 3.79. The number of rotatable bonds is 4. The number of anilines is 1. The molecule has 94 valence electrons. The van der Waals surface area contributed by atoms with Crippen molar-refractivity contribution >= 4 is 21.6 Å². The fourth-order valence-corrected chi connectivity index (χ4v) is 2.70. The third kappa shape index (κ3) is 3.69. The predicted octanol–water partition coefficient (Wildman–Crippen LogP) is 2.64. The van der Waals surface area contributed by atoms with Crippen molar-refractivity contribution in [1.82, 2.24) is 4.90 Å². The lowest BCUT2D eigenvalue weighted by atomic mass is 10.2. The van der Waals surface area contributed by atoms with E-state index >= 15 is 0 Å². The molecule has 1 aliphatic rings. The molecule has 0 amide bonds. The Morgan fingerprint density at radius 2 is 2.35 bits per heavy atom. The van der Waals surface area contributed by atoms with Gasteiger partial charge in [-0.3, -0.25) is 4.90 Å². The van der Waals surface area contributed by atoms with E-state index in [1.165, 1.54) is 18.4 Å². The van der Waals surface area contributed by atoms with Gasteiger partial charge in [0.05, 0.1) is 6.10 Å². The van der Waals surface area contributed by atoms with Gasteiger partial charge < -0.3 is 10.5 Å². The maximum absolute atomic E-state index is 5.73. The van der Waals surface area contributed by atoms with E-state index in [2.05, 4.69) is 33.9 Å². The summed E-state index contributed by atoms with van der Waals surface area (Å²) in [7, 11) is 2.13. The number of nitrogen functional groups attached to an aromatic ring is 1. The Morgan fingerprint density at radius 3 is 3.00 bits per heavy atom. The van der Waals surface area contributed by atoms with Crippen molar-refractivity contribution in [2.75, 3.05) is 25.9 Å². The van der Waals surface area contributed by atoms with Gasteiger partial charge in [0.1, 0.15) is 0 Å². The molecule has 0 bridgehead atoms. The highest BCUT2D eigenvalue weighted by Crippen LogP contribution is 2.21. The minimum Gasteiger partial charge on any atom is -0.399 e. The van der Waals surface area contributed by atoms with E-state index in [4.69, 9.17) is 10.5 Å². The highest BCUT2D eigenvalue weighted by atomic mass is 79.9. The van der Waals surface area contributed by atoms with E-state index in [0.717, 1.165) is 29.9 Å². The molecule has 2 N–H and O–H groups in total. The van der Waals surface area contributed by atoms with Gasteiger partial charge in [-0.1, -0.05) is 22.0 Å². The fourth-order valence-electron chi connectivity index (χ4n) is 2.18. The summed E-state index contributed by atoms with van der Waals surface area (Å²) in [6.07, 6.45) is 2.80. The number of benzene rings is 1. The molecule has 0 aromatic heterocycles. The zero-order chi connectivity index (χ0) is 12.3. The second kappa shape index (κ2) is 5.85. The van der Waals surface area contributed by atoms with Crippen LogP contribution < -0.4 is 5.73 Å². The molecule has 1 unspecified atom stereocenters. The van der Waals surface area contributed by atoms with Crippen LogP contribution >= 0.6 is 15.9 Å². The smallest absolute Gasteiger partial charge is 0.0702 e. The fraction of sp³-hybridized carbons (Fsp3) is 0.538. The lowest BCUT2D eigenvalue weighted by Gasteiger charge is -2.21. The van der Waals surface area contributed by atoms with Crippen LogP contribution in [0.2, 0.25) is 0 Å². The van der Waals surface area contributed by atoms with Gasteiger partial charge in [-0.2, -0.15) is 0 Å². The Bertz CT molecular complexity index is 378. The Labute approximate surface area is 111 Å². The maximum Gasteiger partial charge on any atom is 0.0702 e. The van der Waals surface area contributed by atoms with Crippen molar-refractivity contribution in [3.05, 3.63) is 28.2 Å². The number of hydrogen-bond acceptors (Lipinski definition) is 3. The van der Waals surface area contributed by atoms with Crippen molar-refractivity contribution in [3.8, 4) is 0 Å². The lowest BCUT2D eigenvalue weighted by Crippen LogP contribution is -2.28.